The van der Waals surface area contributed by atoms with Gasteiger partial charge in [-0.25, -0.2) is 9.97 Å². The molecule has 220 valence electrons. The number of ether oxygens (including phenoxy) is 2. The second-order valence-corrected chi connectivity index (χ2v) is 12.5. The summed E-state index contributed by atoms with van der Waals surface area (Å²) in [6.45, 7) is 10.6. The number of carbonyl (C=O) groups is 1. The molecule has 0 bridgehead atoms. The highest BCUT2D eigenvalue weighted by Gasteiger charge is 2.22. The van der Waals surface area contributed by atoms with Crippen LogP contribution in [0.4, 0.5) is 11.4 Å². The van der Waals surface area contributed by atoms with Gasteiger partial charge in [0.2, 0.25) is 5.88 Å². The summed E-state index contributed by atoms with van der Waals surface area (Å²) in [5.74, 6) is 2.00. The first-order valence-corrected chi connectivity index (χ1v) is 15.4. The highest BCUT2D eigenvalue weighted by molar-refractivity contribution is 7.99. The molecule has 1 fully saturated rings. The van der Waals surface area contributed by atoms with Crippen molar-refractivity contribution in [3.63, 3.8) is 0 Å². The smallest absolute Gasteiger partial charge is 0.255 e. The minimum Gasteiger partial charge on any atom is -0.492 e. The Kier molecular flexibility index (Phi) is 10.1. The maximum Gasteiger partial charge on any atom is 0.255 e. The number of carbonyl (C=O) groups excluding carboxylic acids is 1. The predicted molar refractivity (Wildman–Crippen MR) is 169 cm³/mol. The quantitative estimate of drug-likeness (QED) is 0.260. The lowest BCUT2D eigenvalue weighted by atomic mass is 9.86. The van der Waals surface area contributed by atoms with Crippen molar-refractivity contribution in [3.05, 3.63) is 65.1 Å². The maximum atomic E-state index is 13.5. The summed E-state index contributed by atoms with van der Waals surface area (Å²) in [5.41, 5.74) is 4.75. The number of amides is 1. The summed E-state index contributed by atoms with van der Waals surface area (Å²) in [7, 11) is 3.80. The van der Waals surface area contributed by atoms with Gasteiger partial charge in [-0.2, -0.15) is 0 Å². The number of anilines is 2. The fraction of sp³-hybridized carbons (Fsp3) is 0.469. The summed E-state index contributed by atoms with van der Waals surface area (Å²) in [4.78, 5) is 24.7. The molecule has 0 aliphatic carbocycles. The van der Waals surface area contributed by atoms with Gasteiger partial charge >= 0.3 is 0 Å². The van der Waals surface area contributed by atoms with Gasteiger partial charge in [0.1, 0.15) is 12.1 Å². The molecule has 8 nitrogen and oxygen atoms in total. The van der Waals surface area contributed by atoms with Crippen LogP contribution < -0.4 is 19.5 Å². The zero-order valence-corrected chi connectivity index (χ0v) is 26.2. The van der Waals surface area contributed by atoms with Crippen LogP contribution in [0.1, 0.15) is 67.2 Å². The van der Waals surface area contributed by atoms with E-state index >= 15 is 0 Å². The minimum absolute atomic E-state index is 0.117. The van der Waals surface area contributed by atoms with Crippen LogP contribution in [0.25, 0.3) is 0 Å². The van der Waals surface area contributed by atoms with Crippen LogP contribution in [-0.2, 0) is 11.8 Å². The Morgan fingerprint density at radius 3 is 2.61 bits per heavy atom. The minimum atomic E-state index is -0.254. The topological polar surface area (TPSA) is 88.6 Å². The van der Waals surface area contributed by atoms with Gasteiger partial charge in [-0.1, -0.05) is 38.8 Å². The molecule has 1 saturated heterocycles. The van der Waals surface area contributed by atoms with E-state index in [1.54, 1.807) is 25.6 Å². The highest BCUT2D eigenvalue weighted by atomic mass is 32.2. The van der Waals surface area contributed by atoms with E-state index in [4.69, 9.17) is 9.47 Å². The Labute approximate surface area is 248 Å². The van der Waals surface area contributed by atoms with Crippen molar-refractivity contribution in [3.8, 4) is 17.4 Å². The van der Waals surface area contributed by atoms with Crippen LogP contribution in [0.3, 0.4) is 0 Å². The summed E-state index contributed by atoms with van der Waals surface area (Å²) in [6, 6.07) is 11.4. The molecule has 1 unspecified atom stereocenters. The normalized spacial score (nSPS) is 16.1. The van der Waals surface area contributed by atoms with Gasteiger partial charge in [-0.3, -0.25) is 4.79 Å². The number of aryl methyl sites for hydroxylation is 1. The molecule has 2 aromatic carbocycles. The van der Waals surface area contributed by atoms with Gasteiger partial charge in [-0.05, 0) is 99.5 Å². The van der Waals surface area contributed by atoms with Crippen molar-refractivity contribution in [1.29, 1.82) is 0 Å². The highest BCUT2D eigenvalue weighted by Crippen LogP contribution is 2.40. The van der Waals surface area contributed by atoms with Gasteiger partial charge in [0, 0.05) is 23.6 Å². The molecule has 1 aliphatic heterocycles. The molecule has 1 amide bonds. The Balaban J connectivity index is 1.53. The number of hydrogen-bond acceptors (Lipinski definition) is 8. The Morgan fingerprint density at radius 2 is 1.88 bits per heavy atom. The maximum absolute atomic E-state index is 13.5. The number of nitrogens with zero attached hydrogens (tertiary/aromatic N) is 3. The molecule has 1 aliphatic rings. The molecule has 0 radical (unpaired) electrons. The van der Waals surface area contributed by atoms with E-state index in [0.717, 1.165) is 42.0 Å². The molecule has 1 atom stereocenters. The number of benzene rings is 2. The van der Waals surface area contributed by atoms with Crippen molar-refractivity contribution in [2.45, 2.75) is 58.8 Å². The average molecular weight is 578 g/mol. The number of hydrogen-bond donors (Lipinski definition) is 2. The van der Waals surface area contributed by atoms with E-state index in [2.05, 4.69) is 58.8 Å². The lowest BCUT2D eigenvalue weighted by molar-refractivity contribution is 0.102. The van der Waals surface area contributed by atoms with Crippen molar-refractivity contribution in [2.75, 3.05) is 43.5 Å². The lowest BCUT2D eigenvalue weighted by Gasteiger charge is -2.24. The molecule has 2 heterocycles. The molecule has 0 saturated carbocycles. The van der Waals surface area contributed by atoms with E-state index < -0.39 is 0 Å². The molecule has 2 N–H and O–H groups in total. The first-order chi connectivity index (χ1) is 19.6. The lowest BCUT2D eigenvalue weighted by Crippen LogP contribution is -2.19. The van der Waals surface area contributed by atoms with Gasteiger partial charge in [0.05, 0.1) is 18.5 Å². The first-order valence-electron chi connectivity index (χ1n) is 14.2. The second kappa shape index (κ2) is 13.6. The fourth-order valence-electron chi connectivity index (χ4n) is 5.07. The summed E-state index contributed by atoms with van der Waals surface area (Å²) >= 11 is 1.47. The molecular weight excluding hydrogens is 534 g/mol. The van der Waals surface area contributed by atoms with E-state index in [9.17, 15) is 4.79 Å². The van der Waals surface area contributed by atoms with Gasteiger partial charge < -0.3 is 24.4 Å². The van der Waals surface area contributed by atoms with Gasteiger partial charge in [0.25, 0.3) is 5.91 Å². The van der Waals surface area contributed by atoms with Crippen molar-refractivity contribution in [2.24, 2.45) is 5.92 Å². The van der Waals surface area contributed by atoms with E-state index in [1.165, 1.54) is 31.2 Å². The van der Waals surface area contributed by atoms with Crippen molar-refractivity contribution < 1.29 is 14.3 Å². The molecule has 9 heteroatoms. The third-order valence-corrected chi connectivity index (χ3v) is 7.98. The molecule has 0 spiro atoms. The largest absolute Gasteiger partial charge is 0.492 e. The summed E-state index contributed by atoms with van der Waals surface area (Å²) in [6.07, 6.45) is 8.02. The number of methoxy groups -OCH3 is 1. The molecule has 41 heavy (non-hydrogen) atoms. The standard InChI is InChI=1S/C32H43N5O3S/c1-21-10-11-23(31(38)35-26-17-24(32(2,3)4)18-27(36-41-7)30(26)39-6)16-28(21)40-29-19-25(33-20-34-29)15-22-9-8-13-37(5)14-12-22/h10-11,16-20,22,36H,8-9,12-15H2,1-7H3,(H,35,38). The summed E-state index contributed by atoms with van der Waals surface area (Å²) < 4.78 is 15.2. The number of nitrogens with one attached hydrogen (secondary N) is 2. The average Bonchev–Trinajstić information content (AvgIpc) is 3.13. The zero-order valence-electron chi connectivity index (χ0n) is 25.3. The molecular formula is C32H43N5O3S. The van der Waals surface area contributed by atoms with E-state index in [1.807, 2.05) is 31.4 Å². The second-order valence-electron chi connectivity index (χ2n) is 11.8. The Bertz CT molecular complexity index is 1360. The zero-order chi connectivity index (χ0) is 29.6. The third-order valence-electron chi connectivity index (χ3n) is 7.55. The van der Waals surface area contributed by atoms with Crippen LogP contribution >= 0.6 is 11.9 Å². The summed E-state index contributed by atoms with van der Waals surface area (Å²) in [5, 5.41) is 3.06. The molecule has 4 rings (SSSR count). The van der Waals surface area contributed by atoms with Crippen molar-refractivity contribution >= 4 is 29.2 Å². The van der Waals surface area contributed by atoms with Gasteiger partial charge in [-0.15, -0.1) is 0 Å². The third kappa shape index (κ3) is 8.14. The molecule has 3 aromatic rings. The predicted octanol–water partition coefficient (Wildman–Crippen LogP) is 7.10. The Morgan fingerprint density at radius 1 is 1.10 bits per heavy atom. The van der Waals surface area contributed by atoms with Crippen LogP contribution in [0, 0.1) is 12.8 Å². The number of rotatable bonds is 9. The fourth-order valence-corrected chi connectivity index (χ4v) is 5.44. The van der Waals surface area contributed by atoms with Crippen LogP contribution in [-0.4, -0.2) is 54.3 Å². The molecule has 1 aromatic heterocycles. The van der Waals surface area contributed by atoms with Crippen LogP contribution in [0.5, 0.6) is 17.4 Å². The SMILES string of the molecule is COc1c(NSC)cc(C(C)(C)C)cc1NC(=O)c1ccc(C)c(Oc2cc(CC3CCCN(C)CC3)ncn2)c1. The monoisotopic (exact) mass is 577 g/mol. The van der Waals surface area contributed by atoms with E-state index in [-0.39, 0.29) is 11.3 Å². The van der Waals surface area contributed by atoms with Crippen molar-refractivity contribution in [1.82, 2.24) is 14.9 Å². The number of likely N-dealkylation sites (tertiary alicyclic amines) is 1. The van der Waals surface area contributed by atoms with Crippen LogP contribution in [0.15, 0.2) is 42.7 Å². The van der Waals surface area contributed by atoms with E-state index in [0.29, 0.717) is 34.5 Å². The Hall–Kier alpha value is -3.30. The van der Waals surface area contributed by atoms with Gasteiger partial charge in [0.15, 0.2) is 5.75 Å². The van der Waals surface area contributed by atoms with Crippen LogP contribution in [0.2, 0.25) is 0 Å². The number of aromatic nitrogens is 2. The first kappa shape index (κ1) is 30.7.